The molecule has 1 aromatic heterocycles. The topological polar surface area (TPSA) is 79.3 Å². The number of aromatic carboxylic acids is 1. The number of amides is 1. The van der Waals surface area contributed by atoms with Gasteiger partial charge in [-0.1, -0.05) is 0 Å². The maximum Gasteiger partial charge on any atom is 0.337 e. The molecule has 0 saturated carbocycles. The maximum absolute atomic E-state index is 11.6. The number of aromatic nitrogens is 1. The predicted molar refractivity (Wildman–Crippen MR) is 66.5 cm³/mol. The summed E-state index contributed by atoms with van der Waals surface area (Å²) in [6.07, 6.45) is 4.09. The fourth-order valence-electron chi connectivity index (χ4n) is 1.16. The Labute approximate surface area is 104 Å². The minimum atomic E-state index is -1.05. The first kappa shape index (κ1) is 13.5. The van der Waals surface area contributed by atoms with Crippen molar-refractivity contribution in [2.75, 3.05) is 18.6 Å². The Morgan fingerprint density at radius 1 is 1.47 bits per heavy atom. The van der Waals surface area contributed by atoms with Crippen LogP contribution in [0.4, 0.5) is 0 Å². The van der Waals surface area contributed by atoms with Crippen molar-refractivity contribution in [2.24, 2.45) is 0 Å². The van der Waals surface area contributed by atoms with Crippen LogP contribution in [-0.2, 0) is 0 Å². The van der Waals surface area contributed by atoms with E-state index in [2.05, 4.69) is 10.3 Å². The molecule has 2 N–H and O–H groups in total. The molecule has 1 aromatic rings. The van der Waals surface area contributed by atoms with Crippen molar-refractivity contribution in [3.63, 3.8) is 0 Å². The Morgan fingerprint density at radius 3 is 2.76 bits per heavy atom. The zero-order chi connectivity index (χ0) is 12.7. The van der Waals surface area contributed by atoms with Crippen LogP contribution in [0, 0.1) is 0 Å². The molecule has 0 atom stereocenters. The molecule has 1 rings (SSSR count). The third-order valence-corrected chi connectivity index (χ3v) is 2.75. The van der Waals surface area contributed by atoms with Gasteiger partial charge in [0.05, 0.1) is 5.56 Å². The first-order valence-corrected chi connectivity index (χ1v) is 6.51. The first-order valence-electron chi connectivity index (χ1n) is 5.11. The summed E-state index contributed by atoms with van der Waals surface area (Å²) >= 11 is 1.72. The van der Waals surface area contributed by atoms with E-state index in [1.807, 2.05) is 6.26 Å². The number of pyridine rings is 1. The summed E-state index contributed by atoms with van der Waals surface area (Å²) in [6, 6.07) is 2.78. The largest absolute Gasteiger partial charge is 0.478 e. The third-order valence-electron chi connectivity index (χ3n) is 2.05. The Balaban J connectivity index is 2.49. The zero-order valence-corrected chi connectivity index (χ0v) is 10.3. The number of carboxylic acid groups (broad SMARTS) is 1. The number of nitrogens with zero attached hydrogens (tertiary/aromatic N) is 1. The van der Waals surface area contributed by atoms with Crippen molar-refractivity contribution in [2.45, 2.75) is 6.42 Å². The van der Waals surface area contributed by atoms with Crippen molar-refractivity contribution in [3.05, 3.63) is 29.6 Å². The Bertz CT molecular complexity index is 392. The molecule has 0 radical (unpaired) electrons. The molecule has 0 bridgehead atoms. The van der Waals surface area contributed by atoms with Gasteiger partial charge in [-0.3, -0.25) is 9.78 Å². The van der Waals surface area contributed by atoms with E-state index in [1.165, 1.54) is 18.3 Å². The van der Waals surface area contributed by atoms with Crippen molar-refractivity contribution in [1.29, 1.82) is 0 Å². The minimum absolute atomic E-state index is 0.0731. The highest BCUT2D eigenvalue weighted by Gasteiger charge is 2.08. The molecular formula is C11H14N2O3S. The highest BCUT2D eigenvalue weighted by molar-refractivity contribution is 7.98. The summed E-state index contributed by atoms with van der Waals surface area (Å²) in [4.78, 5) is 25.9. The Kier molecular flexibility index (Phi) is 5.48. The molecule has 0 fully saturated rings. The number of thioether (sulfide) groups is 1. The van der Waals surface area contributed by atoms with E-state index in [1.54, 1.807) is 11.8 Å². The van der Waals surface area contributed by atoms with Crippen molar-refractivity contribution in [1.82, 2.24) is 10.3 Å². The zero-order valence-electron chi connectivity index (χ0n) is 9.47. The van der Waals surface area contributed by atoms with E-state index in [0.717, 1.165) is 12.2 Å². The molecule has 0 aliphatic heterocycles. The van der Waals surface area contributed by atoms with Gasteiger partial charge in [0.2, 0.25) is 0 Å². The average Bonchev–Trinajstić information content (AvgIpc) is 2.34. The van der Waals surface area contributed by atoms with Gasteiger partial charge in [-0.2, -0.15) is 11.8 Å². The summed E-state index contributed by atoms with van der Waals surface area (Å²) in [5.41, 5.74) is 0.308. The standard InChI is InChI=1S/C11H14N2O3S/c1-17-6-2-5-12-10(14)9-4-3-8(7-13-9)11(15)16/h3-4,7H,2,5-6H2,1H3,(H,12,14)(H,15,16). The van der Waals surface area contributed by atoms with E-state index in [-0.39, 0.29) is 17.2 Å². The number of hydrogen-bond donors (Lipinski definition) is 2. The van der Waals surface area contributed by atoms with E-state index >= 15 is 0 Å². The number of carbonyl (C=O) groups excluding carboxylic acids is 1. The normalized spacial score (nSPS) is 9.94. The molecule has 0 spiro atoms. The average molecular weight is 254 g/mol. The van der Waals surface area contributed by atoms with Gasteiger partial charge in [0.1, 0.15) is 5.69 Å². The summed E-state index contributed by atoms with van der Waals surface area (Å²) in [6.45, 7) is 0.599. The van der Waals surface area contributed by atoms with Gasteiger partial charge in [0.25, 0.3) is 5.91 Å². The van der Waals surface area contributed by atoms with Crippen LogP contribution in [0.25, 0.3) is 0 Å². The smallest absolute Gasteiger partial charge is 0.337 e. The molecule has 5 nitrogen and oxygen atoms in total. The second kappa shape index (κ2) is 6.90. The molecule has 1 amide bonds. The fraction of sp³-hybridized carbons (Fsp3) is 0.364. The van der Waals surface area contributed by atoms with Crippen LogP contribution in [-0.4, -0.2) is 40.5 Å². The Hall–Kier alpha value is -1.56. The van der Waals surface area contributed by atoms with Gasteiger partial charge < -0.3 is 10.4 Å². The molecule has 0 aliphatic rings. The highest BCUT2D eigenvalue weighted by atomic mass is 32.2. The molecule has 1 heterocycles. The predicted octanol–water partition coefficient (Wildman–Crippen LogP) is 1.26. The van der Waals surface area contributed by atoms with Crippen LogP contribution >= 0.6 is 11.8 Å². The van der Waals surface area contributed by atoms with Crippen LogP contribution < -0.4 is 5.32 Å². The Morgan fingerprint density at radius 2 is 2.24 bits per heavy atom. The lowest BCUT2D eigenvalue weighted by Crippen LogP contribution is -2.25. The van der Waals surface area contributed by atoms with Crippen molar-refractivity contribution < 1.29 is 14.7 Å². The van der Waals surface area contributed by atoms with Crippen molar-refractivity contribution in [3.8, 4) is 0 Å². The molecule has 92 valence electrons. The van der Waals surface area contributed by atoms with Crippen LogP contribution in [0.5, 0.6) is 0 Å². The number of carboxylic acids is 1. The quantitative estimate of drug-likeness (QED) is 0.747. The SMILES string of the molecule is CSCCCNC(=O)c1ccc(C(=O)O)cn1. The fourth-order valence-corrected chi connectivity index (χ4v) is 1.60. The van der Waals surface area contributed by atoms with E-state index < -0.39 is 5.97 Å². The maximum atomic E-state index is 11.6. The molecule has 0 aromatic carbocycles. The van der Waals surface area contributed by atoms with Gasteiger partial charge >= 0.3 is 5.97 Å². The summed E-state index contributed by atoms with van der Waals surface area (Å²) in [7, 11) is 0. The minimum Gasteiger partial charge on any atom is -0.478 e. The lowest BCUT2D eigenvalue weighted by atomic mass is 10.2. The number of nitrogens with one attached hydrogen (secondary N) is 1. The van der Waals surface area contributed by atoms with Gasteiger partial charge in [-0.15, -0.1) is 0 Å². The molecule has 0 unspecified atom stereocenters. The molecular weight excluding hydrogens is 240 g/mol. The van der Waals surface area contributed by atoms with E-state index in [0.29, 0.717) is 6.54 Å². The lowest BCUT2D eigenvalue weighted by Gasteiger charge is -2.03. The number of rotatable bonds is 6. The second-order valence-electron chi connectivity index (χ2n) is 3.34. The molecule has 0 saturated heterocycles. The van der Waals surface area contributed by atoms with Crippen LogP contribution in [0.15, 0.2) is 18.3 Å². The summed E-state index contributed by atoms with van der Waals surface area (Å²) in [5.74, 6) is -0.335. The van der Waals surface area contributed by atoms with Crippen molar-refractivity contribution >= 4 is 23.6 Å². The third kappa shape index (κ3) is 4.44. The summed E-state index contributed by atoms with van der Waals surface area (Å²) < 4.78 is 0. The van der Waals surface area contributed by atoms with Crippen LogP contribution in [0.3, 0.4) is 0 Å². The number of hydrogen-bond acceptors (Lipinski definition) is 4. The van der Waals surface area contributed by atoms with Gasteiger partial charge in [-0.25, -0.2) is 4.79 Å². The van der Waals surface area contributed by atoms with Crippen LogP contribution in [0.1, 0.15) is 27.3 Å². The second-order valence-corrected chi connectivity index (χ2v) is 4.33. The number of carbonyl (C=O) groups is 2. The summed E-state index contributed by atoms with van der Waals surface area (Å²) in [5, 5.41) is 11.4. The van der Waals surface area contributed by atoms with E-state index in [9.17, 15) is 9.59 Å². The van der Waals surface area contributed by atoms with E-state index in [4.69, 9.17) is 5.11 Å². The molecule has 0 aliphatic carbocycles. The van der Waals surface area contributed by atoms with Gasteiger partial charge in [-0.05, 0) is 30.6 Å². The highest BCUT2D eigenvalue weighted by Crippen LogP contribution is 2.00. The van der Waals surface area contributed by atoms with Crippen LogP contribution in [0.2, 0.25) is 0 Å². The molecule has 6 heteroatoms. The molecule has 17 heavy (non-hydrogen) atoms. The van der Waals surface area contributed by atoms with Gasteiger partial charge in [0, 0.05) is 12.7 Å². The monoisotopic (exact) mass is 254 g/mol. The van der Waals surface area contributed by atoms with Gasteiger partial charge in [0.15, 0.2) is 0 Å². The lowest BCUT2D eigenvalue weighted by molar-refractivity contribution is 0.0695. The first-order chi connectivity index (χ1) is 8.15.